The van der Waals surface area contributed by atoms with E-state index in [-0.39, 0.29) is 0 Å². The van der Waals surface area contributed by atoms with Gasteiger partial charge in [-0.2, -0.15) is 0 Å². The Labute approximate surface area is 130 Å². The SMILES string of the molecule is Cc1cc(C(O)c2ccccc2I)c(C)cc1Br. The molecule has 1 atom stereocenters. The second-order valence-electron chi connectivity index (χ2n) is 4.38. The molecule has 0 saturated heterocycles. The van der Waals surface area contributed by atoms with Crippen LogP contribution in [0.25, 0.3) is 0 Å². The van der Waals surface area contributed by atoms with Crippen LogP contribution in [0.1, 0.15) is 28.4 Å². The molecule has 0 aliphatic carbocycles. The Kier molecular flexibility index (Phi) is 4.45. The first-order valence-corrected chi connectivity index (χ1v) is 7.57. The lowest BCUT2D eigenvalue weighted by Crippen LogP contribution is -2.04. The van der Waals surface area contributed by atoms with Gasteiger partial charge in [0, 0.05) is 8.04 Å². The van der Waals surface area contributed by atoms with E-state index in [2.05, 4.69) is 44.6 Å². The van der Waals surface area contributed by atoms with Crippen molar-refractivity contribution in [3.05, 3.63) is 66.7 Å². The van der Waals surface area contributed by atoms with Gasteiger partial charge in [-0.1, -0.05) is 40.2 Å². The molecule has 0 heterocycles. The van der Waals surface area contributed by atoms with E-state index in [9.17, 15) is 5.11 Å². The summed E-state index contributed by atoms with van der Waals surface area (Å²) in [6.45, 7) is 4.06. The van der Waals surface area contributed by atoms with E-state index in [0.717, 1.165) is 30.3 Å². The number of benzene rings is 2. The number of hydrogen-bond acceptors (Lipinski definition) is 1. The number of halogens is 2. The first kappa shape index (κ1) is 14.0. The molecular weight excluding hydrogens is 403 g/mol. The van der Waals surface area contributed by atoms with Crippen LogP contribution in [0.2, 0.25) is 0 Å². The highest BCUT2D eigenvalue weighted by molar-refractivity contribution is 14.1. The van der Waals surface area contributed by atoms with Crippen molar-refractivity contribution in [1.29, 1.82) is 0 Å². The van der Waals surface area contributed by atoms with E-state index in [1.54, 1.807) is 0 Å². The third kappa shape index (κ3) is 2.78. The topological polar surface area (TPSA) is 20.2 Å². The molecule has 0 spiro atoms. The first-order chi connectivity index (χ1) is 8.50. The maximum atomic E-state index is 10.5. The molecular formula is C15H14BrIO. The van der Waals surface area contributed by atoms with Crippen LogP contribution in [-0.4, -0.2) is 5.11 Å². The molecule has 0 aliphatic heterocycles. The van der Waals surface area contributed by atoms with E-state index >= 15 is 0 Å². The molecule has 3 heteroatoms. The van der Waals surface area contributed by atoms with Crippen molar-refractivity contribution < 1.29 is 5.11 Å². The van der Waals surface area contributed by atoms with Gasteiger partial charge < -0.3 is 5.11 Å². The van der Waals surface area contributed by atoms with Crippen LogP contribution in [0.5, 0.6) is 0 Å². The number of aliphatic hydroxyl groups excluding tert-OH is 1. The molecule has 0 saturated carbocycles. The molecule has 0 amide bonds. The van der Waals surface area contributed by atoms with Crippen LogP contribution in [-0.2, 0) is 0 Å². The summed E-state index contributed by atoms with van der Waals surface area (Å²) in [5.41, 5.74) is 4.17. The van der Waals surface area contributed by atoms with Crippen molar-refractivity contribution in [1.82, 2.24) is 0 Å². The monoisotopic (exact) mass is 416 g/mol. The molecule has 1 unspecified atom stereocenters. The summed E-state index contributed by atoms with van der Waals surface area (Å²) in [6.07, 6.45) is -0.565. The van der Waals surface area contributed by atoms with Gasteiger partial charge in [0.2, 0.25) is 0 Å². The Morgan fingerprint density at radius 3 is 2.39 bits per heavy atom. The van der Waals surface area contributed by atoms with Crippen molar-refractivity contribution in [2.45, 2.75) is 20.0 Å². The summed E-state index contributed by atoms with van der Waals surface area (Å²) >= 11 is 5.78. The number of aliphatic hydroxyl groups is 1. The minimum atomic E-state index is -0.565. The van der Waals surface area contributed by atoms with Gasteiger partial charge in [-0.05, 0) is 70.8 Å². The van der Waals surface area contributed by atoms with Crippen molar-refractivity contribution in [2.75, 3.05) is 0 Å². The molecule has 0 fully saturated rings. The third-order valence-electron chi connectivity index (χ3n) is 3.04. The molecule has 0 radical (unpaired) electrons. The molecule has 0 aliphatic rings. The second-order valence-corrected chi connectivity index (χ2v) is 6.40. The lowest BCUT2D eigenvalue weighted by molar-refractivity contribution is 0.218. The van der Waals surface area contributed by atoms with E-state index in [1.165, 1.54) is 0 Å². The molecule has 1 nitrogen and oxygen atoms in total. The first-order valence-electron chi connectivity index (χ1n) is 5.70. The standard InChI is InChI=1S/C15H14BrIO/c1-9-8-13(16)10(2)7-12(9)15(18)11-5-3-4-6-14(11)17/h3-8,15,18H,1-2H3. The van der Waals surface area contributed by atoms with Crippen LogP contribution in [0.3, 0.4) is 0 Å². The largest absolute Gasteiger partial charge is 0.384 e. The van der Waals surface area contributed by atoms with Gasteiger partial charge in [0.05, 0.1) is 0 Å². The van der Waals surface area contributed by atoms with E-state index in [1.807, 2.05) is 44.2 Å². The number of rotatable bonds is 2. The quantitative estimate of drug-likeness (QED) is 0.700. The highest BCUT2D eigenvalue weighted by atomic mass is 127. The number of aryl methyl sites for hydroxylation is 2. The van der Waals surface area contributed by atoms with Gasteiger partial charge in [-0.15, -0.1) is 0 Å². The van der Waals surface area contributed by atoms with E-state index in [0.29, 0.717) is 0 Å². The molecule has 18 heavy (non-hydrogen) atoms. The molecule has 2 rings (SSSR count). The highest BCUT2D eigenvalue weighted by Crippen LogP contribution is 2.31. The van der Waals surface area contributed by atoms with Crippen LogP contribution < -0.4 is 0 Å². The highest BCUT2D eigenvalue weighted by Gasteiger charge is 2.16. The Morgan fingerprint density at radius 2 is 1.72 bits per heavy atom. The zero-order valence-corrected chi connectivity index (χ0v) is 14.0. The maximum Gasteiger partial charge on any atom is 0.105 e. The van der Waals surface area contributed by atoms with Crippen molar-refractivity contribution in [3.8, 4) is 0 Å². The predicted octanol–water partition coefficient (Wildman–Crippen LogP) is 4.75. The molecule has 94 valence electrons. The number of hydrogen-bond donors (Lipinski definition) is 1. The van der Waals surface area contributed by atoms with Gasteiger partial charge in [0.1, 0.15) is 6.10 Å². The zero-order valence-electron chi connectivity index (χ0n) is 10.2. The molecule has 2 aromatic carbocycles. The fourth-order valence-corrected chi connectivity index (χ4v) is 3.10. The molecule has 0 bridgehead atoms. The maximum absolute atomic E-state index is 10.5. The van der Waals surface area contributed by atoms with Crippen molar-refractivity contribution in [3.63, 3.8) is 0 Å². The van der Waals surface area contributed by atoms with Crippen LogP contribution >= 0.6 is 38.5 Å². The Morgan fingerprint density at radius 1 is 1.06 bits per heavy atom. The second kappa shape index (κ2) is 5.72. The molecule has 2 aromatic rings. The third-order valence-corrected chi connectivity index (χ3v) is 4.88. The minimum absolute atomic E-state index is 0.565. The summed E-state index contributed by atoms with van der Waals surface area (Å²) in [5.74, 6) is 0. The Bertz CT molecular complexity index is 581. The lowest BCUT2D eigenvalue weighted by Gasteiger charge is -2.17. The van der Waals surface area contributed by atoms with Gasteiger partial charge in [-0.3, -0.25) is 0 Å². The van der Waals surface area contributed by atoms with Crippen molar-refractivity contribution in [2.24, 2.45) is 0 Å². The average molecular weight is 417 g/mol. The van der Waals surface area contributed by atoms with Crippen molar-refractivity contribution >= 4 is 38.5 Å². The summed E-state index contributed by atoms with van der Waals surface area (Å²) in [5, 5.41) is 10.5. The molecule has 0 aromatic heterocycles. The van der Waals surface area contributed by atoms with E-state index in [4.69, 9.17) is 0 Å². The summed E-state index contributed by atoms with van der Waals surface area (Å²) < 4.78 is 2.17. The summed E-state index contributed by atoms with van der Waals surface area (Å²) in [6, 6.07) is 12.0. The van der Waals surface area contributed by atoms with E-state index < -0.39 is 6.10 Å². The summed E-state index contributed by atoms with van der Waals surface area (Å²) in [7, 11) is 0. The predicted molar refractivity (Wildman–Crippen MR) is 86.8 cm³/mol. The Balaban J connectivity index is 2.50. The zero-order chi connectivity index (χ0) is 13.3. The minimum Gasteiger partial charge on any atom is -0.384 e. The fourth-order valence-electron chi connectivity index (χ4n) is 1.96. The van der Waals surface area contributed by atoms with Gasteiger partial charge in [0.15, 0.2) is 0 Å². The van der Waals surface area contributed by atoms with Crippen LogP contribution in [0.4, 0.5) is 0 Å². The Hall–Kier alpha value is -0.390. The molecule has 1 N–H and O–H groups in total. The smallest absolute Gasteiger partial charge is 0.105 e. The van der Waals surface area contributed by atoms with Crippen LogP contribution in [0.15, 0.2) is 40.9 Å². The average Bonchev–Trinajstić information content (AvgIpc) is 2.33. The summed E-state index contributed by atoms with van der Waals surface area (Å²) in [4.78, 5) is 0. The normalized spacial score (nSPS) is 12.5. The van der Waals surface area contributed by atoms with Gasteiger partial charge in [0.25, 0.3) is 0 Å². The van der Waals surface area contributed by atoms with Gasteiger partial charge >= 0.3 is 0 Å². The van der Waals surface area contributed by atoms with Gasteiger partial charge in [-0.25, -0.2) is 0 Å². The lowest BCUT2D eigenvalue weighted by atomic mass is 9.96. The fraction of sp³-hybridized carbons (Fsp3) is 0.200. The van der Waals surface area contributed by atoms with Crippen LogP contribution in [0, 0.1) is 17.4 Å².